The van der Waals surface area contributed by atoms with Gasteiger partial charge in [0.1, 0.15) is 11.3 Å². The van der Waals surface area contributed by atoms with Crippen LogP contribution in [0.25, 0.3) is 11.0 Å². The average molecular weight is 336 g/mol. The minimum atomic E-state index is -1.35. The first-order valence-electron chi connectivity index (χ1n) is 6.65. The third-order valence-electron chi connectivity index (χ3n) is 2.92. The summed E-state index contributed by atoms with van der Waals surface area (Å²) < 4.78 is 10.3. The van der Waals surface area contributed by atoms with Crippen molar-refractivity contribution in [1.82, 2.24) is 5.32 Å². The number of nitrogens with one attached hydrogen (secondary N) is 1. The number of fused-ring (bicyclic) bond motifs is 1. The van der Waals surface area contributed by atoms with Gasteiger partial charge in [0.05, 0.1) is 12.0 Å². The summed E-state index contributed by atoms with van der Waals surface area (Å²) in [7, 11) is 0. The molecule has 1 N–H and O–H groups in total. The zero-order valence-corrected chi connectivity index (χ0v) is 13.1. The largest absolute Gasteiger partial charge is 0.548 e. The molecule has 0 saturated heterocycles. The van der Waals surface area contributed by atoms with E-state index >= 15 is 0 Å². The Bertz CT molecular complexity index is 772. The van der Waals surface area contributed by atoms with E-state index in [4.69, 9.17) is 9.15 Å². The van der Waals surface area contributed by atoms with Crippen LogP contribution in [0.2, 0.25) is 0 Å². The summed E-state index contributed by atoms with van der Waals surface area (Å²) in [5.41, 5.74) is -0.147. The molecule has 1 heterocycles. The van der Waals surface area contributed by atoms with Crippen molar-refractivity contribution in [3.8, 4) is 5.75 Å². The van der Waals surface area contributed by atoms with Crippen LogP contribution >= 0.6 is 11.8 Å². The normalized spacial score (nSPS) is 11.9. The Labute approximate surface area is 135 Å². The van der Waals surface area contributed by atoms with Gasteiger partial charge >= 0.3 is 5.63 Å². The standard InChI is InChI=1S/C15H15NO6S/c1-23-8-11(15(19)20)16-13(17)7-21-10-4-2-9-3-5-14(18)22-12(9)6-10/h2-6,11H,7-8H2,1H3,(H,16,17)(H,19,20)/p-1/t11-/m0/s1. The highest BCUT2D eigenvalue weighted by Gasteiger charge is 2.13. The Kier molecular flexibility index (Phi) is 5.64. The second-order valence-electron chi connectivity index (χ2n) is 4.64. The predicted molar refractivity (Wildman–Crippen MR) is 83.3 cm³/mol. The number of carboxylic acid groups (broad SMARTS) is 1. The summed E-state index contributed by atoms with van der Waals surface area (Å²) in [6.07, 6.45) is 1.72. The molecular formula is C15H14NO6S-. The maximum Gasteiger partial charge on any atom is 0.336 e. The number of amides is 1. The van der Waals surface area contributed by atoms with Gasteiger partial charge in [0.15, 0.2) is 6.61 Å². The molecule has 2 aromatic rings. The molecule has 7 nitrogen and oxygen atoms in total. The zero-order valence-electron chi connectivity index (χ0n) is 12.2. The summed E-state index contributed by atoms with van der Waals surface area (Å²) in [4.78, 5) is 33.7. The zero-order chi connectivity index (χ0) is 16.8. The number of carbonyl (C=O) groups excluding carboxylic acids is 2. The molecule has 0 spiro atoms. The fourth-order valence-electron chi connectivity index (χ4n) is 1.85. The summed E-state index contributed by atoms with van der Waals surface area (Å²) in [5, 5.41) is 13.9. The van der Waals surface area contributed by atoms with Crippen LogP contribution in [0.4, 0.5) is 0 Å². The molecule has 23 heavy (non-hydrogen) atoms. The molecule has 0 aliphatic rings. The fraction of sp³-hybridized carbons (Fsp3) is 0.267. The summed E-state index contributed by atoms with van der Waals surface area (Å²) in [6, 6.07) is 6.64. The molecule has 0 aliphatic carbocycles. The maximum absolute atomic E-state index is 11.7. The second-order valence-corrected chi connectivity index (χ2v) is 5.55. The number of hydrogen-bond donors (Lipinski definition) is 1. The maximum atomic E-state index is 11.7. The predicted octanol–water partition coefficient (Wildman–Crippen LogP) is -0.231. The minimum Gasteiger partial charge on any atom is -0.548 e. The number of aliphatic carboxylic acids is 1. The fourth-order valence-corrected chi connectivity index (χ4v) is 2.40. The molecule has 0 unspecified atom stereocenters. The van der Waals surface area contributed by atoms with Gasteiger partial charge in [-0.2, -0.15) is 11.8 Å². The van der Waals surface area contributed by atoms with Gasteiger partial charge in [-0.15, -0.1) is 0 Å². The molecule has 1 aromatic carbocycles. The van der Waals surface area contributed by atoms with Crippen LogP contribution in [0.3, 0.4) is 0 Å². The lowest BCUT2D eigenvalue weighted by Crippen LogP contribution is -2.50. The topological polar surface area (TPSA) is 109 Å². The highest BCUT2D eigenvalue weighted by molar-refractivity contribution is 7.98. The van der Waals surface area contributed by atoms with Crippen LogP contribution < -0.4 is 20.8 Å². The van der Waals surface area contributed by atoms with Crippen molar-refractivity contribution in [2.45, 2.75) is 6.04 Å². The van der Waals surface area contributed by atoms with Crippen molar-refractivity contribution < 1.29 is 23.8 Å². The lowest BCUT2D eigenvalue weighted by atomic mass is 10.2. The summed E-state index contributed by atoms with van der Waals surface area (Å²) >= 11 is 1.28. The first kappa shape index (κ1) is 16.9. The van der Waals surface area contributed by atoms with Gasteiger partial charge in [0.2, 0.25) is 0 Å². The molecule has 1 amide bonds. The van der Waals surface area contributed by atoms with E-state index in [0.717, 1.165) is 5.39 Å². The van der Waals surface area contributed by atoms with Crippen molar-refractivity contribution in [3.05, 3.63) is 40.8 Å². The molecule has 0 saturated carbocycles. The van der Waals surface area contributed by atoms with E-state index in [0.29, 0.717) is 11.3 Å². The third-order valence-corrected chi connectivity index (χ3v) is 3.58. The SMILES string of the molecule is CSC[C@H](NC(=O)COc1ccc2ccc(=O)oc2c1)C(=O)[O-]. The number of thioether (sulfide) groups is 1. The molecule has 0 radical (unpaired) electrons. The van der Waals surface area contributed by atoms with Crippen LogP contribution in [0.15, 0.2) is 39.5 Å². The van der Waals surface area contributed by atoms with Gasteiger partial charge in [-0.3, -0.25) is 4.79 Å². The molecule has 2 rings (SSSR count). The van der Waals surface area contributed by atoms with Crippen LogP contribution in [0.1, 0.15) is 0 Å². The van der Waals surface area contributed by atoms with E-state index in [9.17, 15) is 19.5 Å². The van der Waals surface area contributed by atoms with Crippen molar-refractivity contribution in [2.75, 3.05) is 18.6 Å². The Morgan fingerprint density at radius 2 is 2.09 bits per heavy atom. The lowest BCUT2D eigenvalue weighted by Gasteiger charge is -2.18. The summed E-state index contributed by atoms with van der Waals surface area (Å²) in [5.74, 6) is -1.39. The number of ether oxygens (including phenoxy) is 1. The van der Waals surface area contributed by atoms with Gasteiger partial charge in [0.25, 0.3) is 5.91 Å². The van der Waals surface area contributed by atoms with E-state index < -0.39 is 23.5 Å². The van der Waals surface area contributed by atoms with Gasteiger partial charge in [-0.1, -0.05) is 0 Å². The molecule has 122 valence electrons. The van der Waals surface area contributed by atoms with E-state index in [1.54, 1.807) is 24.5 Å². The van der Waals surface area contributed by atoms with Gasteiger partial charge in [0, 0.05) is 23.3 Å². The molecule has 0 aliphatic heterocycles. The van der Waals surface area contributed by atoms with E-state index in [1.807, 2.05) is 0 Å². The average Bonchev–Trinajstić information content (AvgIpc) is 2.52. The van der Waals surface area contributed by atoms with E-state index in [-0.39, 0.29) is 12.4 Å². The smallest absolute Gasteiger partial charge is 0.336 e. The Balaban J connectivity index is 1.98. The number of rotatable bonds is 7. The highest BCUT2D eigenvalue weighted by atomic mass is 32.2. The molecule has 0 bridgehead atoms. The van der Waals surface area contributed by atoms with Crippen LogP contribution in [0.5, 0.6) is 5.75 Å². The van der Waals surface area contributed by atoms with Crippen molar-refractivity contribution in [2.24, 2.45) is 0 Å². The van der Waals surface area contributed by atoms with Crippen molar-refractivity contribution >= 4 is 34.6 Å². The third kappa shape index (κ3) is 4.75. The quantitative estimate of drug-likeness (QED) is 0.696. The monoisotopic (exact) mass is 336 g/mol. The highest BCUT2D eigenvalue weighted by Crippen LogP contribution is 2.19. The molecule has 1 atom stereocenters. The molecule has 8 heteroatoms. The Hall–Kier alpha value is -2.48. The minimum absolute atomic E-state index is 0.204. The number of benzene rings is 1. The van der Waals surface area contributed by atoms with Crippen LogP contribution in [-0.4, -0.2) is 36.5 Å². The van der Waals surface area contributed by atoms with Crippen molar-refractivity contribution in [3.63, 3.8) is 0 Å². The van der Waals surface area contributed by atoms with Crippen molar-refractivity contribution in [1.29, 1.82) is 0 Å². The second kappa shape index (κ2) is 7.68. The number of carboxylic acids is 1. The van der Waals surface area contributed by atoms with E-state index in [1.165, 1.54) is 23.9 Å². The van der Waals surface area contributed by atoms with Gasteiger partial charge in [-0.05, 0) is 24.5 Å². The molecular weight excluding hydrogens is 322 g/mol. The summed E-state index contributed by atoms with van der Waals surface area (Å²) in [6.45, 7) is -0.360. The number of hydrogen-bond acceptors (Lipinski definition) is 7. The lowest BCUT2D eigenvalue weighted by molar-refractivity contribution is -0.307. The van der Waals surface area contributed by atoms with Gasteiger partial charge in [-0.25, -0.2) is 4.79 Å². The first-order valence-corrected chi connectivity index (χ1v) is 8.05. The molecule has 1 aromatic heterocycles. The van der Waals surface area contributed by atoms with Gasteiger partial charge < -0.3 is 24.4 Å². The Morgan fingerprint density at radius 3 is 2.78 bits per heavy atom. The first-order chi connectivity index (χ1) is 11.0. The van der Waals surface area contributed by atoms with Crippen LogP contribution in [-0.2, 0) is 9.59 Å². The van der Waals surface area contributed by atoms with E-state index in [2.05, 4.69) is 5.32 Å². The van der Waals surface area contributed by atoms with Crippen LogP contribution in [0, 0.1) is 0 Å². The Morgan fingerprint density at radius 1 is 1.35 bits per heavy atom. The molecule has 0 fully saturated rings. The number of carbonyl (C=O) groups is 2.